The number of Topliss-reactive ketones (excluding diaryl/α,β-unsaturated/α-hetero) is 1. The third kappa shape index (κ3) is 5.49. The first kappa shape index (κ1) is 26.4. The number of nitrogens with zero attached hydrogens (tertiary/aromatic N) is 2. The number of nitrogens with one attached hydrogen (secondary N) is 1. The standard InChI is InChI=1S/C31H28ClN3O4/c1-18-28(29(35-39-18)23-7-5-6-8-25(23)32)30(37)33-21-12-9-19(10-13-21)27(36)16-26-24-15-22(38-4)14-11-20(24)17-31(2,3)34-26/h5-15H,16-17H2,1-4H3,(H,33,37). The molecule has 4 aromatic rings. The number of methoxy groups -OCH3 is 1. The van der Waals surface area contributed by atoms with Gasteiger partial charge in [-0.1, -0.05) is 41.0 Å². The Morgan fingerprint density at radius 3 is 2.51 bits per heavy atom. The summed E-state index contributed by atoms with van der Waals surface area (Å²) in [6, 6.07) is 19.9. The van der Waals surface area contributed by atoms with Gasteiger partial charge in [-0.15, -0.1) is 0 Å². The number of aromatic nitrogens is 1. The number of hydrogen-bond donors (Lipinski definition) is 1. The molecule has 198 valence electrons. The van der Waals surface area contributed by atoms with Crippen molar-refractivity contribution in [1.29, 1.82) is 0 Å². The fourth-order valence-corrected chi connectivity index (χ4v) is 5.06. The summed E-state index contributed by atoms with van der Waals surface area (Å²) in [6.07, 6.45) is 0.957. The first-order valence-corrected chi connectivity index (χ1v) is 12.9. The minimum atomic E-state index is -0.382. The summed E-state index contributed by atoms with van der Waals surface area (Å²) >= 11 is 6.32. The molecule has 2 heterocycles. The number of amides is 1. The Labute approximate surface area is 231 Å². The summed E-state index contributed by atoms with van der Waals surface area (Å²) in [5.74, 6) is 0.665. The van der Waals surface area contributed by atoms with E-state index in [2.05, 4.69) is 24.3 Å². The van der Waals surface area contributed by atoms with Crippen molar-refractivity contribution < 1.29 is 18.8 Å². The van der Waals surface area contributed by atoms with Crippen LogP contribution < -0.4 is 10.1 Å². The summed E-state index contributed by atoms with van der Waals surface area (Å²) in [5.41, 5.74) is 4.89. The number of benzene rings is 3. The van der Waals surface area contributed by atoms with Gasteiger partial charge in [0.15, 0.2) is 5.78 Å². The van der Waals surface area contributed by atoms with Gasteiger partial charge in [0.05, 0.1) is 29.8 Å². The van der Waals surface area contributed by atoms with Crippen LogP contribution in [0.1, 0.15) is 57.9 Å². The van der Waals surface area contributed by atoms with Crippen LogP contribution in [0.25, 0.3) is 11.3 Å². The average molecular weight is 542 g/mol. The van der Waals surface area contributed by atoms with Gasteiger partial charge in [-0.05, 0) is 75.2 Å². The van der Waals surface area contributed by atoms with E-state index in [-0.39, 0.29) is 23.7 Å². The number of carbonyl (C=O) groups is 2. The zero-order valence-electron chi connectivity index (χ0n) is 22.2. The van der Waals surface area contributed by atoms with Crippen molar-refractivity contribution in [2.45, 2.75) is 39.2 Å². The maximum atomic E-state index is 13.3. The minimum absolute atomic E-state index is 0.0611. The third-order valence-electron chi connectivity index (χ3n) is 6.70. The molecule has 0 unspecified atom stereocenters. The Kier molecular flexibility index (Phi) is 7.10. The number of rotatable bonds is 7. The molecule has 1 N–H and O–H groups in total. The molecule has 3 aromatic carbocycles. The van der Waals surface area contributed by atoms with E-state index >= 15 is 0 Å². The first-order valence-electron chi connectivity index (χ1n) is 12.6. The topological polar surface area (TPSA) is 93.8 Å². The number of anilines is 1. The highest BCUT2D eigenvalue weighted by Crippen LogP contribution is 2.33. The summed E-state index contributed by atoms with van der Waals surface area (Å²) in [5, 5.41) is 7.39. The predicted molar refractivity (Wildman–Crippen MR) is 152 cm³/mol. The molecular weight excluding hydrogens is 514 g/mol. The van der Waals surface area contributed by atoms with Crippen LogP contribution in [0.3, 0.4) is 0 Å². The SMILES string of the molecule is COc1ccc2c(c1)C(CC(=O)c1ccc(NC(=O)c3c(-c4ccccc4Cl)noc3C)cc1)=NC(C)(C)C2. The van der Waals surface area contributed by atoms with Crippen molar-refractivity contribution in [3.05, 3.63) is 99.8 Å². The van der Waals surface area contributed by atoms with E-state index in [1.54, 1.807) is 56.5 Å². The van der Waals surface area contributed by atoms with Crippen molar-refractivity contribution in [1.82, 2.24) is 5.16 Å². The number of ether oxygens (including phenoxy) is 1. The summed E-state index contributed by atoms with van der Waals surface area (Å²) in [7, 11) is 1.62. The summed E-state index contributed by atoms with van der Waals surface area (Å²) in [6.45, 7) is 5.81. The molecule has 7 nitrogen and oxygen atoms in total. The molecule has 0 spiro atoms. The van der Waals surface area contributed by atoms with Crippen LogP contribution in [-0.4, -0.2) is 35.2 Å². The molecule has 5 rings (SSSR count). The maximum Gasteiger partial charge on any atom is 0.261 e. The quantitative estimate of drug-likeness (QED) is 0.255. The predicted octanol–water partition coefficient (Wildman–Crippen LogP) is 6.96. The van der Waals surface area contributed by atoms with Crippen LogP contribution in [-0.2, 0) is 6.42 Å². The summed E-state index contributed by atoms with van der Waals surface area (Å²) < 4.78 is 10.7. The normalized spacial score (nSPS) is 13.8. The molecule has 1 aliphatic rings. The molecule has 1 aromatic heterocycles. The fraction of sp³-hybridized carbons (Fsp3) is 0.226. The zero-order valence-corrected chi connectivity index (χ0v) is 22.9. The lowest BCUT2D eigenvalue weighted by Crippen LogP contribution is -2.30. The van der Waals surface area contributed by atoms with Gasteiger partial charge >= 0.3 is 0 Å². The lowest BCUT2D eigenvalue weighted by Gasteiger charge is -2.29. The highest BCUT2D eigenvalue weighted by molar-refractivity contribution is 6.33. The monoisotopic (exact) mass is 541 g/mol. The smallest absolute Gasteiger partial charge is 0.261 e. The molecule has 1 amide bonds. The van der Waals surface area contributed by atoms with Crippen molar-refractivity contribution in [3.63, 3.8) is 0 Å². The van der Waals surface area contributed by atoms with E-state index in [1.165, 1.54) is 0 Å². The molecule has 8 heteroatoms. The highest BCUT2D eigenvalue weighted by Gasteiger charge is 2.28. The Balaban J connectivity index is 1.33. The van der Waals surface area contributed by atoms with Crippen LogP contribution in [0, 0.1) is 6.92 Å². The van der Waals surface area contributed by atoms with Crippen LogP contribution in [0.4, 0.5) is 5.69 Å². The molecule has 39 heavy (non-hydrogen) atoms. The van der Waals surface area contributed by atoms with Gasteiger partial charge < -0.3 is 14.6 Å². The lowest BCUT2D eigenvalue weighted by molar-refractivity contribution is 0.0998. The molecular formula is C31H28ClN3O4. The van der Waals surface area contributed by atoms with Crippen molar-refractivity contribution >= 4 is 34.7 Å². The Morgan fingerprint density at radius 1 is 1.05 bits per heavy atom. The molecule has 0 saturated heterocycles. The van der Waals surface area contributed by atoms with Crippen molar-refractivity contribution in [3.8, 4) is 17.0 Å². The van der Waals surface area contributed by atoms with E-state index in [1.807, 2.05) is 24.3 Å². The lowest BCUT2D eigenvalue weighted by atomic mass is 9.85. The van der Waals surface area contributed by atoms with E-state index < -0.39 is 0 Å². The van der Waals surface area contributed by atoms with E-state index in [0.717, 1.165) is 29.0 Å². The van der Waals surface area contributed by atoms with Gasteiger partial charge in [0.1, 0.15) is 22.8 Å². The van der Waals surface area contributed by atoms with Crippen molar-refractivity contribution in [2.24, 2.45) is 4.99 Å². The molecule has 0 fully saturated rings. The Morgan fingerprint density at radius 2 is 1.79 bits per heavy atom. The molecule has 0 atom stereocenters. The fourth-order valence-electron chi connectivity index (χ4n) is 4.84. The number of aliphatic imine (C=N–C) groups is 1. The van der Waals surface area contributed by atoms with E-state index in [4.69, 9.17) is 25.9 Å². The second-order valence-corrected chi connectivity index (χ2v) is 10.6. The van der Waals surface area contributed by atoms with Gasteiger partial charge in [0.25, 0.3) is 5.91 Å². The van der Waals surface area contributed by atoms with Gasteiger partial charge in [-0.3, -0.25) is 14.6 Å². The molecule has 0 bridgehead atoms. The van der Waals surface area contributed by atoms with Crippen LogP contribution in [0.15, 0.2) is 76.2 Å². The minimum Gasteiger partial charge on any atom is -0.497 e. The second kappa shape index (κ2) is 10.5. The number of carbonyl (C=O) groups excluding carboxylic acids is 2. The second-order valence-electron chi connectivity index (χ2n) is 10.1. The van der Waals surface area contributed by atoms with E-state index in [9.17, 15) is 9.59 Å². The van der Waals surface area contributed by atoms with Crippen LogP contribution in [0.2, 0.25) is 5.02 Å². The summed E-state index contributed by atoms with van der Waals surface area (Å²) in [4.78, 5) is 31.3. The highest BCUT2D eigenvalue weighted by atomic mass is 35.5. The zero-order chi connectivity index (χ0) is 27.7. The number of fused-ring (bicyclic) bond motifs is 1. The van der Waals surface area contributed by atoms with Gasteiger partial charge in [0, 0.05) is 22.4 Å². The van der Waals surface area contributed by atoms with Gasteiger partial charge in [-0.2, -0.15) is 0 Å². The average Bonchev–Trinajstić information content (AvgIpc) is 3.29. The van der Waals surface area contributed by atoms with Crippen LogP contribution in [0.5, 0.6) is 5.75 Å². The van der Waals surface area contributed by atoms with Crippen molar-refractivity contribution in [2.75, 3.05) is 12.4 Å². The largest absolute Gasteiger partial charge is 0.497 e. The van der Waals surface area contributed by atoms with Gasteiger partial charge in [0.2, 0.25) is 0 Å². The van der Waals surface area contributed by atoms with Gasteiger partial charge in [-0.25, -0.2) is 0 Å². The Bertz CT molecular complexity index is 1600. The maximum absolute atomic E-state index is 13.3. The molecule has 0 aliphatic carbocycles. The number of aryl methyl sites for hydroxylation is 1. The number of hydrogen-bond acceptors (Lipinski definition) is 6. The van der Waals surface area contributed by atoms with Crippen LogP contribution >= 0.6 is 11.6 Å². The first-order chi connectivity index (χ1) is 18.6. The molecule has 0 radical (unpaired) electrons. The molecule has 0 saturated carbocycles. The number of halogens is 1. The van der Waals surface area contributed by atoms with E-state index in [0.29, 0.717) is 38.9 Å². The number of ketones is 1. The molecule has 1 aliphatic heterocycles. The third-order valence-corrected chi connectivity index (χ3v) is 7.03. The Hall–Kier alpha value is -4.23.